The molecular formula is C13H16N2O3. The average Bonchev–Trinajstić information content (AvgIpc) is 2.23. The number of ether oxygens (including phenoxy) is 1. The van der Waals surface area contributed by atoms with Crippen LogP contribution in [-0.2, 0) is 16.1 Å². The van der Waals surface area contributed by atoms with Crippen LogP contribution in [-0.4, -0.2) is 16.6 Å². The molecule has 0 amide bonds. The van der Waals surface area contributed by atoms with Crippen LogP contribution < -0.4 is 5.56 Å². The number of rotatable bonds is 3. The van der Waals surface area contributed by atoms with Crippen molar-refractivity contribution < 1.29 is 9.53 Å². The summed E-state index contributed by atoms with van der Waals surface area (Å²) in [4.78, 5) is 23.5. The Kier molecular flexibility index (Phi) is 4.27. The van der Waals surface area contributed by atoms with Crippen molar-refractivity contribution in [1.82, 2.24) is 4.57 Å². The van der Waals surface area contributed by atoms with Gasteiger partial charge in [-0.25, -0.2) is 0 Å². The monoisotopic (exact) mass is 248 g/mol. The fourth-order valence-electron chi connectivity index (χ4n) is 1.69. The molecule has 1 aromatic rings. The minimum Gasteiger partial charge on any atom is -0.462 e. The fraction of sp³-hybridized carbons (Fsp3) is 0.462. The van der Waals surface area contributed by atoms with Gasteiger partial charge in [0.1, 0.15) is 18.2 Å². The summed E-state index contributed by atoms with van der Waals surface area (Å²) in [6.45, 7) is 6.73. The Labute approximate surface area is 106 Å². The first kappa shape index (κ1) is 14.0. The summed E-state index contributed by atoms with van der Waals surface area (Å²) in [5.41, 5.74) is 0.874. The molecule has 0 N–H and O–H groups in total. The summed E-state index contributed by atoms with van der Waals surface area (Å²) in [7, 11) is 0. The molecule has 96 valence electrons. The lowest BCUT2D eigenvalue weighted by molar-refractivity contribution is -0.148. The molecule has 0 bridgehead atoms. The molecule has 0 aliphatic carbocycles. The number of nitrogens with zero attached hydrogens (tertiary/aromatic N) is 2. The summed E-state index contributed by atoms with van der Waals surface area (Å²) >= 11 is 0. The number of hydrogen-bond donors (Lipinski definition) is 0. The number of carbonyl (C=O) groups is 1. The highest BCUT2D eigenvalue weighted by atomic mass is 16.5. The van der Waals surface area contributed by atoms with Gasteiger partial charge in [0.05, 0.1) is 6.10 Å². The zero-order valence-corrected chi connectivity index (χ0v) is 11.0. The minimum atomic E-state index is -0.483. The van der Waals surface area contributed by atoms with E-state index in [4.69, 9.17) is 10.00 Å². The standard InChI is InChI=1S/C13H16N2O3/c1-8(2)18-12(16)7-15-10(4)5-9(3)11(6-14)13(15)17/h5,8H,7H2,1-4H3. The number of esters is 1. The van der Waals surface area contributed by atoms with Gasteiger partial charge in [0.25, 0.3) is 5.56 Å². The van der Waals surface area contributed by atoms with E-state index < -0.39 is 11.5 Å². The van der Waals surface area contributed by atoms with Crippen molar-refractivity contribution >= 4 is 5.97 Å². The maximum Gasteiger partial charge on any atom is 0.326 e. The number of pyridine rings is 1. The molecule has 0 aliphatic rings. The number of carbonyl (C=O) groups excluding carboxylic acids is 1. The molecule has 0 fully saturated rings. The van der Waals surface area contributed by atoms with E-state index >= 15 is 0 Å². The average molecular weight is 248 g/mol. The van der Waals surface area contributed by atoms with Crippen molar-refractivity contribution in [1.29, 1.82) is 5.26 Å². The molecule has 0 aliphatic heterocycles. The highest BCUT2D eigenvalue weighted by Gasteiger charge is 2.14. The van der Waals surface area contributed by atoms with Gasteiger partial charge in [-0.2, -0.15) is 5.26 Å². The maximum absolute atomic E-state index is 12.0. The molecule has 0 unspecified atom stereocenters. The van der Waals surface area contributed by atoms with Gasteiger partial charge >= 0.3 is 5.97 Å². The highest BCUT2D eigenvalue weighted by Crippen LogP contribution is 2.05. The van der Waals surface area contributed by atoms with Crippen LogP contribution in [0.5, 0.6) is 0 Å². The second kappa shape index (κ2) is 5.50. The van der Waals surface area contributed by atoms with Crippen LogP contribution in [0, 0.1) is 25.2 Å². The van der Waals surface area contributed by atoms with Gasteiger partial charge in [-0.15, -0.1) is 0 Å². The lowest BCUT2D eigenvalue weighted by Crippen LogP contribution is -2.30. The van der Waals surface area contributed by atoms with Crippen LogP contribution in [0.15, 0.2) is 10.9 Å². The second-order valence-corrected chi connectivity index (χ2v) is 4.39. The molecule has 0 aromatic carbocycles. The van der Waals surface area contributed by atoms with E-state index in [0.717, 1.165) is 0 Å². The zero-order valence-electron chi connectivity index (χ0n) is 11.0. The largest absolute Gasteiger partial charge is 0.462 e. The van der Waals surface area contributed by atoms with Crippen LogP contribution in [0.1, 0.15) is 30.7 Å². The molecule has 0 atom stereocenters. The Morgan fingerprint density at radius 3 is 2.61 bits per heavy atom. The van der Waals surface area contributed by atoms with Crippen LogP contribution in [0.2, 0.25) is 0 Å². The van der Waals surface area contributed by atoms with Crippen LogP contribution >= 0.6 is 0 Å². The molecule has 5 nitrogen and oxygen atoms in total. The van der Waals surface area contributed by atoms with Crippen molar-refractivity contribution in [3.8, 4) is 6.07 Å². The first-order chi connectivity index (χ1) is 8.36. The van der Waals surface area contributed by atoms with Crippen molar-refractivity contribution in [3.05, 3.63) is 33.2 Å². The molecule has 0 spiro atoms. The second-order valence-electron chi connectivity index (χ2n) is 4.39. The molecule has 5 heteroatoms. The molecule has 1 heterocycles. The van der Waals surface area contributed by atoms with Crippen molar-refractivity contribution in [3.63, 3.8) is 0 Å². The third kappa shape index (κ3) is 2.98. The quantitative estimate of drug-likeness (QED) is 0.755. The van der Waals surface area contributed by atoms with E-state index in [9.17, 15) is 9.59 Å². The number of hydrogen-bond acceptors (Lipinski definition) is 4. The lowest BCUT2D eigenvalue weighted by atomic mass is 10.1. The predicted octanol–water partition coefficient (Wildman–Crippen LogP) is 1.29. The fourth-order valence-corrected chi connectivity index (χ4v) is 1.69. The Bertz CT molecular complexity index is 565. The SMILES string of the molecule is Cc1cc(C)n(CC(=O)OC(C)C)c(=O)c1C#N. The van der Waals surface area contributed by atoms with E-state index in [1.54, 1.807) is 33.8 Å². The molecule has 0 saturated heterocycles. The van der Waals surface area contributed by atoms with Crippen molar-refractivity contribution in [2.45, 2.75) is 40.3 Å². The Hall–Kier alpha value is -2.09. The summed E-state index contributed by atoms with van der Waals surface area (Å²) in [5.74, 6) is -0.483. The first-order valence-electron chi connectivity index (χ1n) is 5.67. The Balaban J connectivity index is 3.15. The predicted molar refractivity (Wildman–Crippen MR) is 66.1 cm³/mol. The highest BCUT2D eigenvalue weighted by molar-refractivity contribution is 5.69. The smallest absolute Gasteiger partial charge is 0.326 e. The number of aromatic nitrogens is 1. The molecular weight excluding hydrogens is 232 g/mol. The molecule has 0 saturated carbocycles. The molecule has 18 heavy (non-hydrogen) atoms. The summed E-state index contributed by atoms with van der Waals surface area (Å²) in [5, 5.41) is 8.91. The maximum atomic E-state index is 12.0. The third-order valence-electron chi connectivity index (χ3n) is 2.47. The molecule has 0 radical (unpaired) electrons. The normalized spacial score (nSPS) is 10.2. The van der Waals surface area contributed by atoms with E-state index in [2.05, 4.69) is 0 Å². The summed E-state index contributed by atoms with van der Waals surface area (Å²) in [6, 6.07) is 3.57. The van der Waals surface area contributed by atoms with Gasteiger partial charge in [0, 0.05) is 5.69 Å². The summed E-state index contributed by atoms with van der Waals surface area (Å²) < 4.78 is 6.25. The van der Waals surface area contributed by atoms with Crippen LogP contribution in [0.25, 0.3) is 0 Å². The lowest BCUT2D eigenvalue weighted by Gasteiger charge is -2.13. The number of aryl methyl sites for hydroxylation is 2. The van der Waals surface area contributed by atoms with Gasteiger partial charge in [0.15, 0.2) is 0 Å². The minimum absolute atomic E-state index is 0.0675. The number of nitriles is 1. The molecule has 1 rings (SSSR count). The van der Waals surface area contributed by atoms with Gasteiger partial charge in [-0.05, 0) is 39.3 Å². The Morgan fingerprint density at radius 2 is 2.11 bits per heavy atom. The van der Waals surface area contributed by atoms with Crippen LogP contribution in [0.4, 0.5) is 0 Å². The van der Waals surface area contributed by atoms with Gasteiger partial charge < -0.3 is 9.30 Å². The van der Waals surface area contributed by atoms with Crippen molar-refractivity contribution in [2.24, 2.45) is 0 Å². The van der Waals surface area contributed by atoms with Gasteiger partial charge in [-0.3, -0.25) is 9.59 Å². The summed E-state index contributed by atoms with van der Waals surface area (Å²) in [6.07, 6.45) is -0.227. The van der Waals surface area contributed by atoms with Gasteiger partial charge in [-0.1, -0.05) is 0 Å². The van der Waals surface area contributed by atoms with E-state index in [1.807, 2.05) is 6.07 Å². The topological polar surface area (TPSA) is 72.1 Å². The third-order valence-corrected chi connectivity index (χ3v) is 2.47. The van der Waals surface area contributed by atoms with Crippen LogP contribution in [0.3, 0.4) is 0 Å². The van der Waals surface area contributed by atoms with E-state index in [1.165, 1.54) is 4.57 Å². The van der Waals surface area contributed by atoms with E-state index in [-0.39, 0.29) is 18.2 Å². The molecule has 1 aromatic heterocycles. The van der Waals surface area contributed by atoms with Crippen molar-refractivity contribution in [2.75, 3.05) is 0 Å². The first-order valence-corrected chi connectivity index (χ1v) is 5.67. The Morgan fingerprint density at radius 1 is 1.50 bits per heavy atom. The zero-order chi connectivity index (χ0) is 13.9. The van der Waals surface area contributed by atoms with Gasteiger partial charge in [0.2, 0.25) is 0 Å². The van der Waals surface area contributed by atoms with E-state index in [0.29, 0.717) is 11.3 Å².